The molecule has 0 aromatic carbocycles. The topological polar surface area (TPSA) is 104 Å². The highest BCUT2D eigenvalue weighted by molar-refractivity contribution is 7.96. The van der Waals surface area contributed by atoms with Crippen molar-refractivity contribution in [1.29, 1.82) is 0 Å². The molecular formula is C20H25ClF3N5O3S. The molecule has 33 heavy (non-hydrogen) atoms. The van der Waals surface area contributed by atoms with Crippen LogP contribution in [0.15, 0.2) is 61.7 Å². The first-order chi connectivity index (χ1) is 15.2. The lowest BCUT2D eigenvalue weighted by molar-refractivity contribution is -0.173. The van der Waals surface area contributed by atoms with Gasteiger partial charge in [-0.1, -0.05) is 43.8 Å². The molecule has 0 saturated carbocycles. The van der Waals surface area contributed by atoms with Crippen molar-refractivity contribution < 1.29 is 26.4 Å². The van der Waals surface area contributed by atoms with Crippen LogP contribution in [0, 0.1) is 0 Å². The second kappa shape index (κ2) is 11.4. The van der Waals surface area contributed by atoms with Crippen LogP contribution in [-0.4, -0.2) is 61.6 Å². The number of piperazine rings is 1. The van der Waals surface area contributed by atoms with E-state index < -0.39 is 33.8 Å². The summed E-state index contributed by atoms with van der Waals surface area (Å²) in [6.45, 7) is 12.0. The Hall–Kier alpha value is -2.73. The number of amides is 1. The Kier molecular flexibility index (Phi) is 9.79. The summed E-state index contributed by atoms with van der Waals surface area (Å²) in [5.74, 6) is -1.97. The van der Waals surface area contributed by atoms with E-state index in [1.54, 1.807) is 0 Å². The Morgan fingerprint density at radius 3 is 2.36 bits per heavy atom. The van der Waals surface area contributed by atoms with Gasteiger partial charge in [0.1, 0.15) is 11.2 Å². The highest BCUT2D eigenvalue weighted by atomic mass is 35.5. The van der Waals surface area contributed by atoms with E-state index in [1.165, 1.54) is 32.9 Å². The minimum atomic E-state index is -4.76. The monoisotopic (exact) mass is 507 g/mol. The molecule has 182 valence electrons. The van der Waals surface area contributed by atoms with Gasteiger partial charge in [-0.05, 0) is 20.8 Å². The summed E-state index contributed by atoms with van der Waals surface area (Å²) >= 11 is 5.66. The van der Waals surface area contributed by atoms with Crippen LogP contribution in [0.1, 0.15) is 27.7 Å². The average molecular weight is 508 g/mol. The predicted molar refractivity (Wildman–Crippen MR) is 125 cm³/mol. The number of amidine groups is 2. The number of sulfone groups is 1. The van der Waals surface area contributed by atoms with E-state index >= 15 is 0 Å². The molecule has 1 rings (SSSR count). The summed E-state index contributed by atoms with van der Waals surface area (Å²) in [4.78, 5) is 25.0. The molecule has 13 heteroatoms. The van der Waals surface area contributed by atoms with Crippen molar-refractivity contribution in [3.05, 3.63) is 46.8 Å². The van der Waals surface area contributed by atoms with Crippen LogP contribution < -0.4 is 5.32 Å². The molecule has 0 aromatic rings. The third kappa shape index (κ3) is 7.39. The van der Waals surface area contributed by atoms with Crippen molar-refractivity contribution in [3.63, 3.8) is 0 Å². The Morgan fingerprint density at radius 2 is 1.91 bits per heavy atom. The maximum Gasteiger partial charge on any atom is 0.409 e. The average Bonchev–Trinajstić information content (AvgIpc) is 2.72. The first-order valence-electron chi connectivity index (χ1n) is 9.61. The molecule has 0 spiro atoms. The van der Waals surface area contributed by atoms with Crippen molar-refractivity contribution in [2.75, 3.05) is 12.3 Å². The Morgan fingerprint density at radius 1 is 1.30 bits per heavy atom. The third-order valence-corrected chi connectivity index (χ3v) is 6.24. The number of carbonyl (C=O) groups is 1. The first-order valence-corrected chi connectivity index (χ1v) is 11.6. The minimum Gasteiger partial charge on any atom is -0.333 e. The van der Waals surface area contributed by atoms with Crippen LogP contribution in [0.4, 0.5) is 13.2 Å². The summed E-state index contributed by atoms with van der Waals surface area (Å²) in [6, 6.07) is -2.24. The largest absolute Gasteiger partial charge is 0.409 e. The number of allylic oxidation sites excluding steroid dienone is 3. The van der Waals surface area contributed by atoms with E-state index in [0.717, 1.165) is 13.1 Å². The van der Waals surface area contributed by atoms with Gasteiger partial charge in [-0.25, -0.2) is 13.4 Å². The highest BCUT2D eigenvalue weighted by Crippen LogP contribution is 2.28. The molecule has 1 aliphatic rings. The Balaban J connectivity index is 3.29. The second-order valence-electron chi connectivity index (χ2n) is 6.62. The lowest BCUT2D eigenvalue weighted by Gasteiger charge is -2.36. The second-order valence-corrected chi connectivity index (χ2v) is 9.33. The molecule has 0 aromatic heterocycles. The van der Waals surface area contributed by atoms with Gasteiger partial charge in [-0.3, -0.25) is 19.7 Å². The van der Waals surface area contributed by atoms with Gasteiger partial charge >= 0.3 is 6.18 Å². The summed E-state index contributed by atoms with van der Waals surface area (Å²) in [5.41, 5.74) is 0.138. The molecule has 1 amide bonds. The minimum absolute atomic E-state index is 0.0193. The van der Waals surface area contributed by atoms with Gasteiger partial charge in [-0.2, -0.15) is 13.2 Å². The zero-order valence-corrected chi connectivity index (χ0v) is 20.1. The number of carbonyl (C=O) groups excluding carboxylic acids is 1. The molecule has 0 aliphatic carbocycles. The number of rotatable bonds is 8. The van der Waals surface area contributed by atoms with Crippen LogP contribution in [-0.2, 0) is 14.6 Å². The lowest BCUT2D eigenvalue weighted by Crippen LogP contribution is -2.60. The molecule has 0 radical (unpaired) electrons. The summed E-state index contributed by atoms with van der Waals surface area (Å²) < 4.78 is 64.3. The number of hydrogen-bond acceptors (Lipinski definition) is 6. The Labute approximate surface area is 195 Å². The first kappa shape index (κ1) is 28.3. The molecule has 0 bridgehead atoms. The number of halogens is 4. The molecule has 0 unspecified atom stereocenters. The standard InChI is InChI=1S/C20H25ClF3N5O3S/c1-7-15(33(31,32)9-3)11-25-12(4)10-26-17-19(30)29(13(5)20(22,23)24)18(27-14(6)21)16(8-2)28-17/h7-8,11,13H,4,6,9-10H2,1-3,5H3,(H,26,28)/b15-7+,16-8+,25-11?,27-18?/t13-/m0/s1. The molecule has 1 aliphatic heterocycles. The van der Waals surface area contributed by atoms with Crippen molar-refractivity contribution in [3.8, 4) is 0 Å². The van der Waals surface area contributed by atoms with Gasteiger partial charge in [0.2, 0.25) is 0 Å². The number of nitrogens with zero attached hydrogens (tertiary/aromatic N) is 4. The van der Waals surface area contributed by atoms with Crippen molar-refractivity contribution in [1.82, 2.24) is 10.2 Å². The van der Waals surface area contributed by atoms with Gasteiger partial charge in [0.25, 0.3) is 5.91 Å². The van der Waals surface area contributed by atoms with E-state index in [1.807, 2.05) is 0 Å². The number of nitrogens with one attached hydrogen (secondary N) is 1. The van der Waals surface area contributed by atoms with Crippen LogP contribution in [0.25, 0.3) is 0 Å². The van der Waals surface area contributed by atoms with Gasteiger partial charge in [0, 0.05) is 6.21 Å². The molecule has 1 heterocycles. The Bertz CT molecular complexity index is 1070. The third-order valence-electron chi connectivity index (χ3n) is 4.34. The number of hydrogen-bond donors (Lipinski definition) is 1. The molecule has 1 saturated heterocycles. The fourth-order valence-electron chi connectivity index (χ4n) is 2.49. The highest BCUT2D eigenvalue weighted by Gasteiger charge is 2.47. The number of alkyl halides is 3. The van der Waals surface area contributed by atoms with Gasteiger partial charge in [-0.15, -0.1) is 0 Å². The quantitative estimate of drug-likeness (QED) is 0.399. The smallest absolute Gasteiger partial charge is 0.333 e. The fourth-order valence-corrected chi connectivity index (χ4v) is 3.47. The van der Waals surface area contributed by atoms with Gasteiger partial charge in [0.05, 0.1) is 28.6 Å². The fraction of sp³-hybridized carbons (Fsp3) is 0.400. The van der Waals surface area contributed by atoms with E-state index in [0.29, 0.717) is 4.90 Å². The summed E-state index contributed by atoms with van der Waals surface area (Å²) in [7, 11) is -3.49. The summed E-state index contributed by atoms with van der Waals surface area (Å²) in [6.07, 6.45) is -0.887. The van der Waals surface area contributed by atoms with Crippen molar-refractivity contribution in [2.24, 2.45) is 15.0 Å². The molecule has 1 atom stereocenters. The molecule has 1 N–H and O–H groups in total. The molecule has 1 fully saturated rings. The maximum atomic E-state index is 13.5. The van der Waals surface area contributed by atoms with E-state index in [9.17, 15) is 26.4 Å². The van der Waals surface area contributed by atoms with E-state index in [4.69, 9.17) is 11.6 Å². The zero-order chi connectivity index (χ0) is 25.6. The van der Waals surface area contributed by atoms with Crippen molar-refractivity contribution >= 4 is 45.2 Å². The summed E-state index contributed by atoms with van der Waals surface area (Å²) in [5, 5.41) is 2.31. The predicted octanol–water partition coefficient (Wildman–Crippen LogP) is 3.70. The number of aliphatic imine (C=N–C) groups is 3. The van der Waals surface area contributed by atoms with Crippen LogP contribution in [0.5, 0.6) is 0 Å². The SMILES string of the molecule is C=C(Cl)N=C1/C(=C\C)NC(=NCC(=C)N=C/C(=C\C)S(=O)(=O)CC)C(=O)N1[C@@H](C)C(F)(F)F. The van der Waals surface area contributed by atoms with E-state index in [-0.39, 0.29) is 39.6 Å². The maximum absolute atomic E-state index is 13.5. The normalized spacial score (nSPS) is 20.6. The van der Waals surface area contributed by atoms with Crippen LogP contribution in [0.3, 0.4) is 0 Å². The van der Waals surface area contributed by atoms with Gasteiger partial charge < -0.3 is 5.32 Å². The van der Waals surface area contributed by atoms with Crippen LogP contribution >= 0.6 is 11.6 Å². The van der Waals surface area contributed by atoms with Gasteiger partial charge in [0.15, 0.2) is 21.5 Å². The van der Waals surface area contributed by atoms with Crippen molar-refractivity contribution in [2.45, 2.75) is 39.9 Å². The zero-order valence-electron chi connectivity index (χ0n) is 18.6. The molecular weight excluding hydrogens is 483 g/mol. The molecule has 8 nitrogen and oxygen atoms in total. The van der Waals surface area contributed by atoms with E-state index in [2.05, 4.69) is 33.5 Å². The lowest BCUT2D eigenvalue weighted by atomic mass is 10.1. The van der Waals surface area contributed by atoms with Crippen LogP contribution in [0.2, 0.25) is 0 Å².